The van der Waals surface area contributed by atoms with Gasteiger partial charge in [-0.15, -0.1) is 0 Å². The second-order valence-electron chi connectivity index (χ2n) is 4.75. The number of hydrogen-bond acceptors (Lipinski definition) is 3. The highest BCUT2D eigenvalue weighted by molar-refractivity contribution is 4.76. The number of nitrogens with one attached hydrogen (secondary N) is 1. The van der Waals surface area contributed by atoms with Crippen molar-refractivity contribution in [2.45, 2.75) is 44.8 Å². The molecule has 2 atom stereocenters. The van der Waals surface area contributed by atoms with E-state index in [2.05, 4.69) is 12.2 Å². The maximum atomic E-state index is 5.88. The topological polar surface area (TPSA) is 30.5 Å². The number of hydrogen-bond donors (Lipinski definition) is 1. The van der Waals surface area contributed by atoms with Crippen molar-refractivity contribution in [1.82, 2.24) is 5.32 Å². The average Bonchev–Trinajstić information content (AvgIpc) is 2.95. The molecule has 0 radical (unpaired) electrons. The monoisotopic (exact) mass is 213 g/mol. The highest BCUT2D eigenvalue weighted by atomic mass is 16.5. The van der Waals surface area contributed by atoms with Crippen molar-refractivity contribution in [2.24, 2.45) is 5.92 Å². The number of rotatable bonds is 7. The van der Waals surface area contributed by atoms with Gasteiger partial charge in [-0.05, 0) is 38.1 Å². The molecule has 2 unspecified atom stereocenters. The maximum absolute atomic E-state index is 5.88. The summed E-state index contributed by atoms with van der Waals surface area (Å²) < 4.78 is 11.5. The molecule has 1 saturated carbocycles. The molecule has 2 aliphatic rings. The summed E-state index contributed by atoms with van der Waals surface area (Å²) in [6, 6.07) is 0. The zero-order valence-electron chi connectivity index (χ0n) is 9.71. The first-order chi connectivity index (χ1) is 7.38. The molecule has 2 fully saturated rings. The third kappa shape index (κ3) is 4.09. The van der Waals surface area contributed by atoms with Gasteiger partial charge in [-0.1, -0.05) is 6.92 Å². The summed E-state index contributed by atoms with van der Waals surface area (Å²) in [5.41, 5.74) is 0. The first kappa shape index (κ1) is 11.4. The van der Waals surface area contributed by atoms with Gasteiger partial charge in [0.1, 0.15) is 0 Å². The summed E-state index contributed by atoms with van der Waals surface area (Å²) in [6.45, 7) is 5.92. The van der Waals surface area contributed by atoms with E-state index in [4.69, 9.17) is 9.47 Å². The zero-order valence-corrected chi connectivity index (χ0v) is 9.71. The molecule has 0 bridgehead atoms. The van der Waals surface area contributed by atoms with E-state index < -0.39 is 0 Å². The quantitative estimate of drug-likeness (QED) is 0.696. The molecule has 0 aromatic carbocycles. The van der Waals surface area contributed by atoms with Gasteiger partial charge in [0.2, 0.25) is 0 Å². The Labute approximate surface area is 92.5 Å². The standard InChI is InChI=1S/C12H23NO2/c1-2-13-7-11-5-6-12(15-11)9-14-8-10-3-4-10/h10-13H,2-9H2,1H3. The second kappa shape index (κ2) is 5.83. The van der Waals surface area contributed by atoms with Crippen molar-refractivity contribution in [3.63, 3.8) is 0 Å². The van der Waals surface area contributed by atoms with E-state index >= 15 is 0 Å². The van der Waals surface area contributed by atoms with Crippen molar-refractivity contribution in [2.75, 3.05) is 26.3 Å². The second-order valence-corrected chi connectivity index (χ2v) is 4.75. The van der Waals surface area contributed by atoms with E-state index in [-0.39, 0.29) is 0 Å². The predicted molar refractivity (Wildman–Crippen MR) is 60.0 cm³/mol. The van der Waals surface area contributed by atoms with Crippen molar-refractivity contribution in [3.8, 4) is 0 Å². The van der Waals surface area contributed by atoms with Crippen molar-refractivity contribution in [3.05, 3.63) is 0 Å². The molecule has 15 heavy (non-hydrogen) atoms. The van der Waals surface area contributed by atoms with Gasteiger partial charge < -0.3 is 14.8 Å². The van der Waals surface area contributed by atoms with E-state index in [0.29, 0.717) is 12.2 Å². The van der Waals surface area contributed by atoms with Gasteiger partial charge in [0, 0.05) is 13.2 Å². The lowest BCUT2D eigenvalue weighted by Crippen LogP contribution is -2.27. The van der Waals surface area contributed by atoms with Crippen LogP contribution in [0.4, 0.5) is 0 Å². The van der Waals surface area contributed by atoms with E-state index in [0.717, 1.165) is 32.2 Å². The molecule has 1 aliphatic carbocycles. The van der Waals surface area contributed by atoms with Crippen LogP contribution in [0.2, 0.25) is 0 Å². The summed E-state index contributed by atoms with van der Waals surface area (Å²) in [5.74, 6) is 0.865. The van der Waals surface area contributed by atoms with Gasteiger partial charge in [-0.3, -0.25) is 0 Å². The van der Waals surface area contributed by atoms with Crippen LogP contribution in [-0.4, -0.2) is 38.5 Å². The normalized spacial score (nSPS) is 31.0. The van der Waals surface area contributed by atoms with Crippen LogP contribution in [0.1, 0.15) is 32.6 Å². The SMILES string of the molecule is CCNCC1CCC(COCC2CC2)O1. The summed E-state index contributed by atoms with van der Waals surface area (Å²) >= 11 is 0. The molecule has 3 heteroatoms. The van der Waals surface area contributed by atoms with Crippen molar-refractivity contribution >= 4 is 0 Å². The van der Waals surface area contributed by atoms with Gasteiger partial charge in [-0.2, -0.15) is 0 Å². The first-order valence-electron chi connectivity index (χ1n) is 6.32. The lowest BCUT2D eigenvalue weighted by atomic mass is 10.2. The summed E-state index contributed by atoms with van der Waals surface area (Å²) in [5, 5.41) is 3.33. The van der Waals surface area contributed by atoms with Crippen LogP contribution in [0.3, 0.4) is 0 Å². The maximum Gasteiger partial charge on any atom is 0.0813 e. The zero-order chi connectivity index (χ0) is 10.5. The molecule has 1 aliphatic heterocycles. The smallest absolute Gasteiger partial charge is 0.0813 e. The summed E-state index contributed by atoms with van der Waals surface area (Å²) in [6.07, 6.45) is 5.86. The molecule has 0 aromatic heterocycles. The van der Waals surface area contributed by atoms with Gasteiger partial charge in [0.15, 0.2) is 0 Å². The van der Waals surface area contributed by atoms with Crippen molar-refractivity contribution in [1.29, 1.82) is 0 Å². The Hall–Kier alpha value is -0.120. The lowest BCUT2D eigenvalue weighted by Gasteiger charge is -2.14. The lowest BCUT2D eigenvalue weighted by molar-refractivity contribution is -0.0163. The van der Waals surface area contributed by atoms with Gasteiger partial charge >= 0.3 is 0 Å². The molecule has 1 saturated heterocycles. The summed E-state index contributed by atoms with van der Waals surface area (Å²) in [7, 11) is 0. The van der Waals surface area contributed by atoms with E-state index in [1.165, 1.54) is 25.7 Å². The molecule has 1 N–H and O–H groups in total. The van der Waals surface area contributed by atoms with E-state index in [1.54, 1.807) is 0 Å². The predicted octanol–water partition coefficient (Wildman–Crippen LogP) is 1.57. The minimum Gasteiger partial charge on any atom is -0.378 e. The molecule has 0 aromatic rings. The van der Waals surface area contributed by atoms with Crippen LogP contribution in [0.5, 0.6) is 0 Å². The molecule has 1 heterocycles. The van der Waals surface area contributed by atoms with Crippen LogP contribution in [0.25, 0.3) is 0 Å². The third-order valence-electron chi connectivity index (χ3n) is 3.17. The molecule has 2 rings (SSSR count). The van der Waals surface area contributed by atoms with Crippen LogP contribution >= 0.6 is 0 Å². The Bertz CT molecular complexity index is 182. The largest absolute Gasteiger partial charge is 0.378 e. The average molecular weight is 213 g/mol. The molecular formula is C12H23NO2. The molecule has 3 nitrogen and oxygen atoms in total. The fraction of sp³-hybridized carbons (Fsp3) is 1.00. The fourth-order valence-electron chi connectivity index (χ4n) is 2.01. The Kier molecular flexibility index (Phi) is 4.42. The van der Waals surface area contributed by atoms with Crippen LogP contribution < -0.4 is 5.32 Å². The Morgan fingerprint density at radius 1 is 1.13 bits per heavy atom. The fourth-order valence-corrected chi connectivity index (χ4v) is 2.01. The first-order valence-corrected chi connectivity index (χ1v) is 6.32. The van der Waals surface area contributed by atoms with Crippen molar-refractivity contribution < 1.29 is 9.47 Å². The van der Waals surface area contributed by atoms with Crippen LogP contribution in [0, 0.1) is 5.92 Å². The summed E-state index contributed by atoms with van der Waals surface area (Å²) in [4.78, 5) is 0. The van der Waals surface area contributed by atoms with Gasteiger partial charge in [0.25, 0.3) is 0 Å². The molecule has 0 spiro atoms. The number of likely N-dealkylation sites (N-methyl/N-ethyl adjacent to an activating group) is 1. The van der Waals surface area contributed by atoms with E-state index in [9.17, 15) is 0 Å². The Morgan fingerprint density at radius 2 is 1.93 bits per heavy atom. The Morgan fingerprint density at radius 3 is 2.67 bits per heavy atom. The van der Waals surface area contributed by atoms with Crippen LogP contribution in [-0.2, 0) is 9.47 Å². The number of ether oxygens (including phenoxy) is 2. The molecular weight excluding hydrogens is 190 g/mol. The molecule has 88 valence electrons. The highest BCUT2D eigenvalue weighted by Crippen LogP contribution is 2.29. The Balaban J connectivity index is 1.51. The molecule has 0 amide bonds. The van der Waals surface area contributed by atoms with Crippen LogP contribution in [0.15, 0.2) is 0 Å². The van der Waals surface area contributed by atoms with E-state index in [1.807, 2.05) is 0 Å². The highest BCUT2D eigenvalue weighted by Gasteiger charge is 2.26. The minimum atomic E-state index is 0.354. The third-order valence-corrected chi connectivity index (χ3v) is 3.17. The minimum absolute atomic E-state index is 0.354. The van der Waals surface area contributed by atoms with Gasteiger partial charge in [-0.25, -0.2) is 0 Å². The van der Waals surface area contributed by atoms with Gasteiger partial charge in [0.05, 0.1) is 18.8 Å².